The zero-order chi connectivity index (χ0) is 16.4. The van der Waals surface area contributed by atoms with Gasteiger partial charge in [0, 0.05) is 27.1 Å². The number of amides is 1. The Labute approximate surface area is 135 Å². The van der Waals surface area contributed by atoms with Crippen LogP contribution in [0.1, 0.15) is 18.7 Å². The number of hydrogen-bond donors (Lipinski definition) is 1. The third-order valence-corrected chi connectivity index (χ3v) is 4.39. The second-order valence-corrected chi connectivity index (χ2v) is 6.21. The molecule has 6 heteroatoms. The molecule has 0 aliphatic carbocycles. The molecule has 0 spiro atoms. The van der Waals surface area contributed by atoms with Gasteiger partial charge in [0.1, 0.15) is 5.82 Å². The summed E-state index contributed by atoms with van der Waals surface area (Å²) in [7, 11) is 3.59. The molecule has 0 radical (unpaired) electrons. The predicted octanol–water partition coefficient (Wildman–Crippen LogP) is 1.02. The van der Waals surface area contributed by atoms with Crippen LogP contribution in [0, 0.1) is 0 Å². The zero-order valence-electron chi connectivity index (χ0n) is 13.6. The van der Waals surface area contributed by atoms with E-state index in [-0.39, 0.29) is 17.5 Å². The Morgan fingerprint density at radius 2 is 2.17 bits per heavy atom. The minimum absolute atomic E-state index is 0.0443. The van der Waals surface area contributed by atoms with Gasteiger partial charge >= 0.3 is 0 Å². The number of nitrogens with one attached hydrogen (secondary N) is 1. The van der Waals surface area contributed by atoms with Crippen molar-refractivity contribution in [1.29, 1.82) is 0 Å². The number of nitrogens with zero attached hydrogens (tertiary/aromatic N) is 3. The maximum Gasteiger partial charge on any atom is 0.258 e. The lowest BCUT2D eigenvalue weighted by Crippen LogP contribution is -2.43. The van der Waals surface area contributed by atoms with Gasteiger partial charge in [0.2, 0.25) is 5.91 Å². The first-order valence-corrected chi connectivity index (χ1v) is 7.99. The van der Waals surface area contributed by atoms with Gasteiger partial charge in [-0.2, -0.15) is 0 Å². The molecule has 0 bridgehead atoms. The number of carbonyl (C=O) groups is 1. The van der Waals surface area contributed by atoms with E-state index in [2.05, 4.69) is 14.9 Å². The first kappa shape index (κ1) is 15.7. The van der Waals surface area contributed by atoms with Crippen LogP contribution in [0.3, 0.4) is 0 Å². The molecule has 1 aromatic heterocycles. The summed E-state index contributed by atoms with van der Waals surface area (Å²) in [5.41, 5.74) is 0.613. The normalized spacial score (nSPS) is 18.4. The van der Waals surface area contributed by atoms with Gasteiger partial charge < -0.3 is 9.88 Å². The van der Waals surface area contributed by atoms with E-state index in [1.54, 1.807) is 25.1 Å². The van der Waals surface area contributed by atoms with Crippen molar-refractivity contribution in [2.75, 3.05) is 27.2 Å². The molecule has 1 saturated heterocycles. The Morgan fingerprint density at radius 1 is 1.39 bits per heavy atom. The molecule has 1 aromatic carbocycles. The van der Waals surface area contributed by atoms with Crippen LogP contribution in [-0.4, -0.2) is 58.9 Å². The SMILES string of the molecule is CN(C)C(=O)C1CCCN1CCc1nc2ccccc2c(=O)[nH]1. The third-order valence-electron chi connectivity index (χ3n) is 4.39. The second kappa shape index (κ2) is 6.50. The summed E-state index contributed by atoms with van der Waals surface area (Å²) in [5.74, 6) is 0.833. The van der Waals surface area contributed by atoms with Crippen LogP contribution in [0.25, 0.3) is 10.9 Å². The smallest absolute Gasteiger partial charge is 0.258 e. The Balaban J connectivity index is 1.73. The van der Waals surface area contributed by atoms with Crippen LogP contribution in [-0.2, 0) is 11.2 Å². The summed E-state index contributed by atoms with van der Waals surface area (Å²) < 4.78 is 0. The molecule has 1 atom stereocenters. The molecule has 23 heavy (non-hydrogen) atoms. The number of likely N-dealkylation sites (tertiary alicyclic amines) is 1. The summed E-state index contributed by atoms with van der Waals surface area (Å²) in [5, 5.41) is 0.609. The molecule has 0 saturated carbocycles. The van der Waals surface area contributed by atoms with Gasteiger partial charge in [-0.25, -0.2) is 4.98 Å². The van der Waals surface area contributed by atoms with Crippen LogP contribution in [0.5, 0.6) is 0 Å². The fraction of sp³-hybridized carbons (Fsp3) is 0.471. The molecule has 1 N–H and O–H groups in total. The van der Waals surface area contributed by atoms with Crippen molar-refractivity contribution in [3.05, 3.63) is 40.4 Å². The standard InChI is InChI=1S/C17H22N4O2/c1-20(2)17(23)14-8-5-10-21(14)11-9-15-18-13-7-4-3-6-12(13)16(22)19-15/h3-4,6-7,14H,5,8-11H2,1-2H3,(H,18,19,22). The number of para-hydroxylation sites is 1. The maximum absolute atomic E-state index is 12.2. The van der Waals surface area contributed by atoms with E-state index in [1.165, 1.54) is 0 Å². The fourth-order valence-corrected chi connectivity index (χ4v) is 3.17. The van der Waals surface area contributed by atoms with Crippen LogP contribution in [0.15, 0.2) is 29.1 Å². The summed E-state index contributed by atoms with van der Waals surface area (Å²) in [6.45, 7) is 1.65. The molecule has 1 unspecified atom stereocenters. The van der Waals surface area contributed by atoms with Crippen molar-refractivity contribution in [3.8, 4) is 0 Å². The Kier molecular flexibility index (Phi) is 4.43. The lowest BCUT2D eigenvalue weighted by Gasteiger charge is -2.25. The van der Waals surface area contributed by atoms with E-state index >= 15 is 0 Å². The number of likely N-dealkylation sites (N-methyl/N-ethyl adjacent to an activating group) is 1. The monoisotopic (exact) mass is 314 g/mol. The van der Waals surface area contributed by atoms with E-state index in [0.717, 1.165) is 25.9 Å². The van der Waals surface area contributed by atoms with Gasteiger partial charge in [0.25, 0.3) is 5.56 Å². The highest BCUT2D eigenvalue weighted by Gasteiger charge is 2.31. The van der Waals surface area contributed by atoms with Gasteiger partial charge in [-0.3, -0.25) is 14.5 Å². The van der Waals surface area contributed by atoms with Crippen molar-refractivity contribution in [1.82, 2.24) is 19.8 Å². The first-order chi connectivity index (χ1) is 11.1. The quantitative estimate of drug-likeness (QED) is 0.915. The van der Waals surface area contributed by atoms with E-state index in [9.17, 15) is 9.59 Å². The summed E-state index contributed by atoms with van der Waals surface area (Å²) in [4.78, 5) is 35.5. The highest BCUT2D eigenvalue weighted by molar-refractivity contribution is 5.81. The molecule has 122 valence electrons. The van der Waals surface area contributed by atoms with Crippen molar-refractivity contribution >= 4 is 16.8 Å². The van der Waals surface area contributed by atoms with Crippen molar-refractivity contribution in [2.24, 2.45) is 0 Å². The topological polar surface area (TPSA) is 69.3 Å². The highest BCUT2D eigenvalue weighted by atomic mass is 16.2. The van der Waals surface area contributed by atoms with Gasteiger partial charge in [0.05, 0.1) is 16.9 Å². The number of aromatic nitrogens is 2. The van der Waals surface area contributed by atoms with Gasteiger partial charge in [0.15, 0.2) is 0 Å². The van der Waals surface area contributed by atoms with E-state index in [4.69, 9.17) is 0 Å². The molecule has 1 fully saturated rings. The molecule has 2 heterocycles. The molecule has 1 aliphatic heterocycles. The van der Waals surface area contributed by atoms with Crippen molar-refractivity contribution in [3.63, 3.8) is 0 Å². The third kappa shape index (κ3) is 3.27. The molecular formula is C17H22N4O2. The number of aromatic amines is 1. The van der Waals surface area contributed by atoms with E-state index < -0.39 is 0 Å². The van der Waals surface area contributed by atoms with Crippen LogP contribution in [0.2, 0.25) is 0 Å². The number of benzene rings is 1. The maximum atomic E-state index is 12.2. The minimum Gasteiger partial charge on any atom is -0.347 e. The average Bonchev–Trinajstić information content (AvgIpc) is 3.00. The van der Waals surface area contributed by atoms with Crippen LogP contribution in [0.4, 0.5) is 0 Å². The number of rotatable bonds is 4. The largest absolute Gasteiger partial charge is 0.347 e. The molecule has 6 nitrogen and oxygen atoms in total. The first-order valence-electron chi connectivity index (χ1n) is 7.99. The van der Waals surface area contributed by atoms with Gasteiger partial charge in [-0.1, -0.05) is 12.1 Å². The molecule has 3 rings (SSSR count). The summed E-state index contributed by atoms with van der Waals surface area (Å²) in [6, 6.07) is 7.29. The Morgan fingerprint density at radius 3 is 2.96 bits per heavy atom. The van der Waals surface area contributed by atoms with Crippen LogP contribution >= 0.6 is 0 Å². The fourth-order valence-electron chi connectivity index (χ4n) is 3.17. The minimum atomic E-state index is -0.104. The average molecular weight is 314 g/mol. The van der Waals surface area contributed by atoms with E-state index in [0.29, 0.717) is 23.1 Å². The number of H-pyrrole nitrogens is 1. The lowest BCUT2D eigenvalue weighted by molar-refractivity contribution is -0.133. The van der Waals surface area contributed by atoms with E-state index in [1.807, 2.05) is 18.2 Å². The Hall–Kier alpha value is -2.21. The molecular weight excluding hydrogens is 292 g/mol. The predicted molar refractivity (Wildman–Crippen MR) is 89.4 cm³/mol. The Bertz CT molecular complexity index is 769. The van der Waals surface area contributed by atoms with Crippen LogP contribution < -0.4 is 5.56 Å². The second-order valence-electron chi connectivity index (χ2n) is 6.21. The molecule has 1 amide bonds. The zero-order valence-corrected chi connectivity index (χ0v) is 13.6. The number of fused-ring (bicyclic) bond motifs is 1. The van der Waals surface area contributed by atoms with Gasteiger partial charge in [-0.15, -0.1) is 0 Å². The molecule has 1 aliphatic rings. The highest BCUT2D eigenvalue weighted by Crippen LogP contribution is 2.19. The number of hydrogen-bond acceptors (Lipinski definition) is 4. The molecule has 2 aromatic rings. The summed E-state index contributed by atoms with van der Waals surface area (Å²) >= 11 is 0. The summed E-state index contributed by atoms with van der Waals surface area (Å²) in [6.07, 6.45) is 2.57. The van der Waals surface area contributed by atoms with Gasteiger partial charge in [-0.05, 0) is 31.5 Å². The lowest BCUT2D eigenvalue weighted by atomic mass is 10.2. The van der Waals surface area contributed by atoms with Crippen molar-refractivity contribution < 1.29 is 4.79 Å². The van der Waals surface area contributed by atoms with Crippen molar-refractivity contribution in [2.45, 2.75) is 25.3 Å². The number of carbonyl (C=O) groups excluding carboxylic acids is 1.